The van der Waals surface area contributed by atoms with E-state index in [-0.39, 0.29) is 41.0 Å². The van der Waals surface area contributed by atoms with Crippen molar-refractivity contribution in [3.63, 3.8) is 0 Å². The first-order chi connectivity index (χ1) is 33.0. The summed E-state index contributed by atoms with van der Waals surface area (Å²) in [4.78, 5) is 20.5. The average Bonchev–Trinajstić information content (AvgIpc) is 4.00. The van der Waals surface area contributed by atoms with Crippen molar-refractivity contribution in [1.29, 1.82) is 0 Å². The highest BCUT2D eigenvalue weighted by Gasteiger charge is 2.31. The number of benzene rings is 6. The number of phenolic OH excluding ortho intramolecular Hbond substituents is 4. The van der Waals surface area contributed by atoms with Gasteiger partial charge >= 0.3 is 0 Å². The lowest BCUT2D eigenvalue weighted by Gasteiger charge is -2.29. The zero-order valence-electron chi connectivity index (χ0n) is 37.6. The van der Waals surface area contributed by atoms with Crippen molar-refractivity contribution in [3.05, 3.63) is 145 Å². The number of aromatic hydroxyl groups is 4. The molecule has 0 amide bonds. The quantitative estimate of drug-likeness (QED) is 0.0853. The van der Waals surface area contributed by atoms with Crippen molar-refractivity contribution in [1.82, 2.24) is 20.1 Å². The summed E-state index contributed by atoms with van der Waals surface area (Å²) in [5.74, 6) is 1.76. The molecule has 4 heterocycles. The first-order valence-corrected chi connectivity index (χ1v) is 22.8. The Morgan fingerprint density at radius 1 is 0.485 bits per heavy atom. The van der Waals surface area contributed by atoms with Crippen molar-refractivity contribution < 1.29 is 43.7 Å². The van der Waals surface area contributed by atoms with E-state index >= 15 is 4.79 Å². The molecule has 2 aliphatic heterocycles. The molecule has 8 aromatic rings. The molecule has 6 aromatic carbocycles. The van der Waals surface area contributed by atoms with Crippen LogP contribution in [0.25, 0.3) is 67.4 Å². The number of hydrogen-bond donors (Lipinski definition) is 4. The fourth-order valence-corrected chi connectivity index (χ4v) is 9.07. The molecule has 4 N–H and O–H groups in total. The second-order valence-corrected chi connectivity index (χ2v) is 17.6. The smallest absolute Gasteiger partial charge is 0.194 e. The number of piperidine rings is 2. The Kier molecular flexibility index (Phi) is 12.2. The van der Waals surface area contributed by atoms with Gasteiger partial charge in [0.1, 0.15) is 58.1 Å². The fraction of sp³-hybridized carbons (Fsp3) is 0.218. The number of carbonyl (C=O) groups is 1. The highest BCUT2D eigenvalue weighted by atomic mass is 16.5. The zero-order chi connectivity index (χ0) is 46.9. The van der Waals surface area contributed by atoms with Crippen LogP contribution in [0.15, 0.2) is 143 Å². The molecule has 13 heteroatoms. The van der Waals surface area contributed by atoms with E-state index < -0.39 is 0 Å². The third-order valence-electron chi connectivity index (χ3n) is 12.9. The highest BCUT2D eigenvalue weighted by molar-refractivity contribution is 6.18. The van der Waals surface area contributed by atoms with Gasteiger partial charge in [0.15, 0.2) is 17.3 Å². The molecule has 0 spiro atoms. The normalized spacial score (nSPS) is 15.1. The Labute approximate surface area is 393 Å². The van der Waals surface area contributed by atoms with Crippen LogP contribution >= 0.6 is 0 Å². The van der Waals surface area contributed by atoms with Gasteiger partial charge in [0.05, 0.1) is 11.1 Å². The maximum Gasteiger partial charge on any atom is 0.194 e. The molecule has 10 rings (SSSR count). The van der Waals surface area contributed by atoms with Crippen LogP contribution in [-0.4, -0.2) is 98.8 Å². The molecular formula is C55H50N4O9. The second-order valence-electron chi connectivity index (χ2n) is 17.6. The molecule has 2 aliphatic rings. The minimum absolute atomic E-state index is 0.0508. The van der Waals surface area contributed by atoms with Gasteiger partial charge in [-0.15, -0.1) is 0 Å². The summed E-state index contributed by atoms with van der Waals surface area (Å²) in [6.45, 7) is 3.54. The molecule has 0 saturated carbocycles. The Morgan fingerprint density at radius 3 is 1.15 bits per heavy atom. The van der Waals surface area contributed by atoms with Crippen LogP contribution in [0.4, 0.5) is 0 Å². The highest BCUT2D eigenvalue weighted by Crippen LogP contribution is 2.47. The van der Waals surface area contributed by atoms with E-state index in [4.69, 9.17) is 18.5 Å². The molecule has 0 bridgehead atoms. The number of ketones is 1. The lowest BCUT2D eigenvalue weighted by Crippen LogP contribution is -2.35. The molecule has 0 unspecified atom stereocenters. The molecule has 2 aromatic heterocycles. The fourth-order valence-electron chi connectivity index (χ4n) is 9.07. The van der Waals surface area contributed by atoms with Crippen molar-refractivity contribution in [3.8, 4) is 102 Å². The van der Waals surface area contributed by atoms with Crippen LogP contribution < -0.4 is 9.47 Å². The van der Waals surface area contributed by atoms with Crippen molar-refractivity contribution >= 4 is 5.78 Å². The van der Waals surface area contributed by atoms with Crippen LogP contribution in [0, 0.1) is 0 Å². The van der Waals surface area contributed by atoms with E-state index in [1.807, 2.05) is 24.3 Å². The van der Waals surface area contributed by atoms with Crippen molar-refractivity contribution in [2.75, 3.05) is 40.3 Å². The summed E-state index contributed by atoms with van der Waals surface area (Å²) < 4.78 is 25.8. The van der Waals surface area contributed by atoms with E-state index in [2.05, 4.69) is 34.2 Å². The summed E-state index contributed by atoms with van der Waals surface area (Å²) in [5.41, 5.74) is 5.89. The Bertz CT molecular complexity index is 2720. The van der Waals surface area contributed by atoms with Crippen LogP contribution in [0.3, 0.4) is 0 Å². The maximum atomic E-state index is 16.0. The number of likely N-dealkylation sites (tertiary alicyclic amines) is 2. The minimum atomic E-state index is -0.351. The lowest BCUT2D eigenvalue weighted by atomic mass is 9.86. The lowest BCUT2D eigenvalue weighted by molar-refractivity contribution is 0.103. The molecule has 2 saturated heterocycles. The minimum Gasteiger partial charge on any atom is -0.508 e. The monoisotopic (exact) mass is 910 g/mol. The molecule has 13 nitrogen and oxygen atoms in total. The van der Waals surface area contributed by atoms with Gasteiger partial charge in [0, 0.05) is 70.7 Å². The molecule has 344 valence electrons. The molecule has 68 heavy (non-hydrogen) atoms. The van der Waals surface area contributed by atoms with Gasteiger partial charge in [-0.05, 0) is 173 Å². The van der Waals surface area contributed by atoms with E-state index in [1.54, 1.807) is 109 Å². The van der Waals surface area contributed by atoms with Gasteiger partial charge in [-0.3, -0.25) is 4.79 Å². The third-order valence-corrected chi connectivity index (χ3v) is 12.9. The van der Waals surface area contributed by atoms with Gasteiger partial charge in [0.2, 0.25) is 0 Å². The van der Waals surface area contributed by atoms with Crippen LogP contribution in [0.5, 0.6) is 34.5 Å². The van der Waals surface area contributed by atoms with E-state index in [9.17, 15) is 20.4 Å². The Morgan fingerprint density at radius 2 is 0.809 bits per heavy atom. The van der Waals surface area contributed by atoms with Gasteiger partial charge in [-0.25, -0.2) is 0 Å². The molecule has 0 aliphatic carbocycles. The zero-order valence-corrected chi connectivity index (χ0v) is 37.6. The summed E-state index contributed by atoms with van der Waals surface area (Å²) in [5, 5.41) is 50.4. The summed E-state index contributed by atoms with van der Waals surface area (Å²) >= 11 is 0. The Balaban J connectivity index is 1.20. The van der Waals surface area contributed by atoms with Gasteiger partial charge < -0.3 is 48.7 Å². The maximum absolute atomic E-state index is 16.0. The number of carbonyl (C=O) groups excluding carboxylic acids is 1. The standard InChI is InChI=1S/C55H50N4O9/c1-58-27-23-41(24-28-58)65-43-19-21-45(47(31-43)49-51(33-3-11-37(60)12-4-33)56-67-54(49)35-7-15-39(62)16-8-35)53(64)46-22-20-44(66-42-25-29-59(2)30-26-42)32-48(46)50-52(34-5-13-38(61)14-6-34)57-68-55(50)36-9-17-40(63)18-10-36/h3-22,31-32,41-42,60-63H,23-30H2,1-2H3. The first-order valence-electron chi connectivity index (χ1n) is 22.8. The van der Waals surface area contributed by atoms with Gasteiger partial charge in [-0.2, -0.15) is 0 Å². The van der Waals surface area contributed by atoms with E-state index in [1.165, 1.54) is 0 Å². The Hall–Kier alpha value is -7.87. The molecule has 0 atom stereocenters. The number of hydrogen-bond acceptors (Lipinski definition) is 13. The van der Waals surface area contributed by atoms with Crippen LogP contribution in [0.1, 0.15) is 41.6 Å². The van der Waals surface area contributed by atoms with Gasteiger partial charge in [-0.1, -0.05) is 10.3 Å². The predicted octanol–water partition coefficient (Wildman–Crippen LogP) is 10.7. The second kappa shape index (κ2) is 18.8. The largest absolute Gasteiger partial charge is 0.508 e. The van der Waals surface area contributed by atoms with Crippen molar-refractivity contribution in [2.45, 2.75) is 37.9 Å². The molecule has 2 fully saturated rings. The number of ether oxygens (including phenoxy) is 2. The third kappa shape index (κ3) is 9.13. The first kappa shape index (κ1) is 44.0. The number of phenols is 4. The number of aromatic nitrogens is 2. The van der Waals surface area contributed by atoms with Crippen LogP contribution in [-0.2, 0) is 0 Å². The summed E-state index contributed by atoms with van der Waals surface area (Å²) in [7, 11) is 4.19. The number of rotatable bonds is 12. The number of nitrogens with zero attached hydrogens (tertiary/aromatic N) is 4. The average molecular weight is 911 g/mol. The van der Waals surface area contributed by atoms with E-state index in [0.29, 0.717) is 90.0 Å². The van der Waals surface area contributed by atoms with Crippen LogP contribution in [0.2, 0.25) is 0 Å². The predicted molar refractivity (Wildman–Crippen MR) is 258 cm³/mol. The van der Waals surface area contributed by atoms with Gasteiger partial charge in [0.25, 0.3) is 0 Å². The van der Waals surface area contributed by atoms with E-state index in [0.717, 1.165) is 51.9 Å². The summed E-state index contributed by atoms with van der Waals surface area (Å²) in [6.07, 6.45) is 3.22. The summed E-state index contributed by atoms with van der Waals surface area (Å²) in [6, 6.07) is 37.3. The van der Waals surface area contributed by atoms with Crippen molar-refractivity contribution in [2.24, 2.45) is 0 Å². The SMILES string of the molecule is CN1CCC(Oc2ccc(C(=O)c3ccc(OC4CCN(C)CC4)cc3-c3c(-c4ccc(O)cc4)noc3-c3ccc(O)cc3)c(-c3c(-c4ccc(O)cc4)noc3-c3ccc(O)cc3)c2)CC1. The molecule has 0 radical (unpaired) electrons. The molecular weight excluding hydrogens is 861 g/mol. The topological polar surface area (TPSA) is 175 Å².